The zero-order valence-electron chi connectivity index (χ0n) is 12.8. The van der Waals surface area contributed by atoms with Crippen LogP contribution < -0.4 is 4.90 Å². The third-order valence-corrected chi connectivity index (χ3v) is 3.65. The maximum absolute atomic E-state index is 11.8. The second-order valence-electron chi connectivity index (χ2n) is 5.46. The SMILES string of the molecule is CCOC(=O)CN(c1nc2c(cc1C#N)CCC2)C(C)C. The fraction of sp³-hybridized carbons (Fsp3) is 0.562. The number of aromatic nitrogens is 1. The largest absolute Gasteiger partial charge is 0.465 e. The van der Waals surface area contributed by atoms with Crippen LogP contribution in [0.15, 0.2) is 6.07 Å². The van der Waals surface area contributed by atoms with Crippen LogP contribution in [0, 0.1) is 11.3 Å². The Balaban J connectivity index is 2.36. The van der Waals surface area contributed by atoms with Gasteiger partial charge in [-0.2, -0.15) is 5.26 Å². The van der Waals surface area contributed by atoms with Crippen LogP contribution in [-0.2, 0) is 22.4 Å². The Kier molecular flexibility index (Phi) is 4.79. The summed E-state index contributed by atoms with van der Waals surface area (Å²) >= 11 is 0. The topological polar surface area (TPSA) is 66.2 Å². The minimum absolute atomic E-state index is 0.0634. The van der Waals surface area contributed by atoms with Crippen LogP contribution in [0.4, 0.5) is 5.82 Å². The van der Waals surface area contributed by atoms with E-state index in [2.05, 4.69) is 11.1 Å². The predicted molar refractivity (Wildman–Crippen MR) is 80.1 cm³/mol. The van der Waals surface area contributed by atoms with Crippen molar-refractivity contribution in [2.75, 3.05) is 18.1 Å². The van der Waals surface area contributed by atoms with Crippen molar-refractivity contribution < 1.29 is 9.53 Å². The van der Waals surface area contributed by atoms with Gasteiger partial charge in [0.2, 0.25) is 0 Å². The van der Waals surface area contributed by atoms with E-state index < -0.39 is 0 Å². The lowest BCUT2D eigenvalue weighted by molar-refractivity contribution is -0.141. The number of pyridine rings is 1. The summed E-state index contributed by atoms with van der Waals surface area (Å²) in [4.78, 5) is 18.3. The molecule has 21 heavy (non-hydrogen) atoms. The molecule has 0 atom stereocenters. The molecule has 2 rings (SSSR count). The molecule has 1 aromatic heterocycles. The van der Waals surface area contributed by atoms with Crippen LogP contribution in [0.25, 0.3) is 0 Å². The Morgan fingerprint density at radius 2 is 2.29 bits per heavy atom. The molecule has 0 amide bonds. The number of nitrogens with zero attached hydrogens (tertiary/aromatic N) is 3. The van der Waals surface area contributed by atoms with E-state index in [1.165, 1.54) is 0 Å². The number of nitriles is 1. The van der Waals surface area contributed by atoms with Crippen molar-refractivity contribution in [1.29, 1.82) is 5.26 Å². The van der Waals surface area contributed by atoms with Crippen molar-refractivity contribution in [3.05, 3.63) is 22.9 Å². The van der Waals surface area contributed by atoms with Crippen LogP contribution in [0.5, 0.6) is 0 Å². The molecule has 0 fully saturated rings. The predicted octanol–water partition coefficient (Wildman–Crippen LogP) is 2.22. The first-order valence-corrected chi connectivity index (χ1v) is 7.42. The smallest absolute Gasteiger partial charge is 0.325 e. The first kappa shape index (κ1) is 15.3. The molecule has 0 bridgehead atoms. The van der Waals surface area contributed by atoms with Gasteiger partial charge < -0.3 is 9.64 Å². The van der Waals surface area contributed by atoms with E-state index in [1.807, 2.05) is 24.8 Å². The average Bonchev–Trinajstić information content (AvgIpc) is 2.90. The van der Waals surface area contributed by atoms with E-state index in [4.69, 9.17) is 4.74 Å². The number of carbonyl (C=O) groups is 1. The van der Waals surface area contributed by atoms with E-state index in [0.29, 0.717) is 18.0 Å². The molecule has 0 aliphatic heterocycles. The van der Waals surface area contributed by atoms with Gasteiger partial charge >= 0.3 is 5.97 Å². The molecule has 1 heterocycles. The molecular formula is C16H21N3O2. The summed E-state index contributed by atoms with van der Waals surface area (Å²) in [6.45, 7) is 6.22. The van der Waals surface area contributed by atoms with Crippen molar-refractivity contribution >= 4 is 11.8 Å². The van der Waals surface area contributed by atoms with Crippen molar-refractivity contribution in [2.24, 2.45) is 0 Å². The molecule has 0 aromatic carbocycles. The van der Waals surface area contributed by atoms with Gasteiger partial charge in [-0.15, -0.1) is 0 Å². The van der Waals surface area contributed by atoms with Gasteiger partial charge in [0.25, 0.3) is 0 Å². The Bertz CT molecular complexity index is 576. The molecule has 1 aliphatic carbocycles. The molecular weight excluding hydrogens is 266 g/mol. The molecule has 0 saturated carbocycles. The van der Waals surface area contributed by atoms with Gasteiger partial charge in [0.1, 0.15) is 18.4 Å². The Hall–Kier alpha value is -2.09. The van der Waals surface area contributed by atoms with Gasteiger partial charge in [0, 0.05) is 11.7 Å². The Labute approximate surface area is 125 Å². The third kappa shape index (κ3) is 3.33. The van der Waals surface area contributed by atoms with E-state index in [1.54, 1.807) is 6.92 Å². The van der Waals surface area contributed by atoms with Crippen molar-refractivity contribution in [3.8, 4) is 6.07 Å². The zero-order chi connectivity index (χ0) is 15.4. The maximum atomic E-state index is 11.8. The third-order valence-electron chi connectivity index (χ3n) is 3.65. The summed E-state index contributed by atoms with van der Waals surface area (Å²) in [5.41, 5.74) is 2.75. The number of hydrogen-bond donors (Lipinski definition) is 0. The highest BCUT2D eigenvalue weighted by Gasteiger charge is 2.23. The van der Waals surface area contributed by atoms with Gasteiger partial charge in [-0.25, -0.2) is 4.98 Å². The molecule has 0 N–H and O–H groups in total. The maximum Gasteiger partial charge on any atom is 0.325 e. The summed E-state index contributed by atoms with van der Waals surface area (Å²) in [5.74, 6) is 0.304. The monoisotopic (exact) mass is 287 g/mol. The van der Waals surface area contributed by atoms with E-state index in [-0.39, 0.29) is 18.6 Å². The lowest BCUT2D eigenvalue weighted by atomic mass is 10.1. The normalized spacial score (nSPS) is 12.9. The standard InChI is InChI=1S/C16H21N3O2/c1-4-21-15(20)10-19(11(2)3)16-13(9-17)8-12-6-5-7-14(12)18-16/h8,11H,4-7,10H2,1-3H3. The average molecular weight is 287 g/mol. The van der Waals surface area contributed by atoms with E-state index in [0.717, 1.165) is 30.5 Å². The lowest BCUT2D eigenvalue weighted by Crippen LogP contribution is -2.38. The number of rotatable bonds is 5. The van der Waals surface area contributed by atoms with Crippen molar-refractivity contribution in [2.45, 2.75) is 46.1 Å². The summed E-state index contributed by atoms with van der Waals surface area (Å²) in [7, 11) is 0. The summed E-state index contributed by atoms with van der Waals surface area (Å²) in [6, 6.07) is 4.19. The first-order valence-electron chi connectivity index (χ1n) is 7.42. The Morgan fingerprint density at radius 3 is 2.90 bits per heavy atom. The van der Waals surface area contributed by atoms with E-state index >= 15 is 0 Å². The molecule has 0 radical (unpaired) electrons. The quantitative estimate of drug-likeness (QED) is 0.777. The van der Waals surface area contributed by atoms with Gasteiger partial charge in [0.05, 0.1) is 12.2 Å². The highest BCUT2D eigenvalue weighted by atomic mass is 16.5. The minimum atomic E-state index is -0.294. The van der Waals surface area contributed by atoms with Gasteiger partial charge in [0.15, 0.2) is 0 Å². The number of ether oxygens (including phenoxy) is 1. The first-order chi connectivity index (χ1) is 10.1. The second kappa shape index (κ2) is 6.57. The van der Waals surface area contributed by atoms with Crippen LogP contribution in [0.1, 0.15) is 44.0 Å². The molecule has 5 nitrogen and oxygen atoms in total. The van der Waals surface area contributed by atoms with Crippen LogP contribution in [0.2, 0.25) is 0 Å². The van der Waals surface area contributed by atoms with E-state index in [9.17, 15) is 10.1 Å². The van der Waals surface area contributed by atoms with Crippen molar-refractivity contribution in [3.63, 3.8) is 0 Å². The number of fused-ring (bicyclic) bond motifs is 1. The molecule has 112 valence electrons. The molecule has 0 saturated heterocycles. The van der Waals surface area contributed by atoms with Gasteiger partial charge in [-0.1, -0.05) is 0 Å². The number of hydrogen-bond acceptors (Lipinski definition) is 5. The van der Waals surface area contributed by atoms with Crippen LogP contribution in [-0.4, -0.2) is 30.1 Å². The molecule has 5 heteroatoms. The number of esters is 1. The number of aryl methyl sites for hydroxylation is 2. The molecule has 1 aliphatic rings. The summed E-state index contributed by atoms with van der Waals surface area (Å²) in [6.07, 6.45) is 3.01. The van der Waals surface area contributed by atoms with Crippen LogP contribution in [0.3, 0.4) is 0 Å². The Morgan fingerprint density at radius 1 is 1.52 bits per heavy atom. The zero-order valence-corrected chi connectivity index (χ0v) is 12.8. The fourth-order valence-electron chi connectivity index (χ4n) is 2.61. The van der Waals surface area contributed by atoms with Gasteiger partial charge in [-0.3, -0.25) is 4.79 Å². The number of carbonyl (C=O) groups excluding carboxylic acids is 1. The van der Waals surface area contributed by atoms with Gasteiger partial charge in [-0.05, 0) is 51.7 Å². The lowest BCUT2D eigenvalue weighted by Gasteiger charge is -2.28. The highest BCUT2D eigenvalue weighted by molar-refractivity contribution is 5.76. The molecule has 0 unspecified atom stereocenters. The minimum Gasteiger partial charge on any atom is -0.465 e. The van der Waals surface area contributed by atoms with Crippen LogP contribution >= 0.6 is 0 Å². The fourth-order valence-corrected chi connectivity index (χ4v) is 2.61. The second-order valence-corrected chi connectivity index (χ2v) is 5.46. The summed E-state index contributed by atoms with van der Waals surface area (Å²) in [5, 5.41) is 9.39. The van der Waals surface area contributed by atoms with Crippen molar-refractivity contribution in [1.82, 2.24) is 4.98 Å². The number of anilines is 1. The summed E-state index contributed by atoms with van der Waals surface area (Å²) < 4.78 is 5.02. The highest BCUT2D eigenvalue weighted by Crippen LogP contribution is 2.28. The molecule has 1 aromatic rings. The molecule has 0 spiro atoms.